The van der Waals surface area contributed by atoms with E-state index in [9.17, 15) is 4.79 Å². The molecule has 6 nitrogen and oxygen atoms in total. The Morgan fingerprint density at radius 3 is 2.46 bits per heavy atom. The molecule has 0 bridgehead atoms. The first kappa shape index (κ1) is 20.3. The molecular weight excluding hydrogens is 397 g/mol. The van der Waals surface area contributed by atoms with Gasteiger partial charge in [-0.15, -0.1) is 0 Å². The lowest BCUT2D eigenvalue weighted by molar-refractivity contribution is -0.116. The number of para-hydroxylation sites is 1. The number of hydrogen-bond acceptors (Lipinski definition) is 4. The number of nitrogens with zero attached hydrogens (tertiary/aromatic N) is 4. The average molecular weight is 418 g/mol. The van der Waals surface area contributed by atoms with Crippen LogP contribution in [0.2, 0.25) is 10.0 Å². The van der Waals surface area contributed by atoms with Crippen molar-refractivity contribution in [2.75, 3.05) is 18.9 Å². The van der Waals surface area contributed by atoms with Crippen molar-refractivity contribution in [3.05, 3.63) is 70.7 Å². The van der Waals surface area contributed by atoms with Crippen LogP contribution in [0.5, 0.6) is 0 Å². The summed E-state index contributed by atoms with van der Waals surface area (Å²) in [5, 5.41) is 7.77. The summed E-state index contributed by atoms with van der Waals surface area (Å²) in [5.74, 6) is -0.129. The van der Waals surface area contributed by atoms with Crippen molar-refractivity contribution >= 4 is 34.8 Å². The van der Waals surface area contributed by atoms with Crippen molar-refractivity contribution in [3.63, 3.8) is 0 Å². The number of halogens is 2. The van der Waals surface area contributed by atoms with Gasteiger partial charge in [0, 0.05) is 19.0 Å². The van der Waals surface area contributed by atoms with Gasteiger partial charge in [0.1, 0.15) is 12.7 Å². The maximum Gasteiger partial charge on any atom is 0.225 e. The van der Waals surface area contributed by atoms with Crippen LogP contribution in [-0.2, 0) is 4.79 Å². The fraction of sp³-hybridized carbons (Fsp3) is 0.250. The number of anilines is 1. The Morgan fingerprint density at radius 2 is 1.86 bits per heavy atom. The van der Waals surface area contributed by atoms with Crippen molar-refractivity contribution in [3.8, 4) is 5.69 Å². The van der Waals surface area contributed by atoms with Gasteiger partial charge in [-0.05, 0) is 43.8 Å². The molecule has 0 fully saturated rings. The normalized spacial score (nSPS) is 12.2. The van der Waals surface area contributed by atoms with E-state index in [1.807, 2.05) is 19.2 Å². The van der Waals surface area contributed by atoms with E-state index < -0.39 is 0 Å². The molecule has 1 heterocycles. The van der Waals surface area contributed by atoms with E-state index in [0.717, 1.165) is 11.3 Å². The van der Waals surface area contributed by atoms with Crippen LogP contribution in [0.3, 0.4) is 0 Å². The Bertz CT molecular complexity index is 908. The predicted octanol–water partition coefficient (Wildman–Crippen LogP) is 4.60. The van der Waals surface area contributed by atoms with Gasteiger partial charge in [0.25, 0.3) is 0 Å². The van der Waals surface area contributed by atoms with Crippen molar-refractivity contribution in [2.45, 2.75) is 19.4 Å². The zero-order valence-corrected chi connectivity index (χ0v) is 17.2. The Kier molecular flexibility index (Phi) is 6.67. The van der Waals surface area contributed by atoms with Crippen LogP contribution in [0.4, 0.5) is 5.69 Å². The molecule has 3 aromatic rings. The number of aromatic nitrogens is 3. The molecule has 1 aromatic heterocycles. The molecule has 0 aliphatic carbocycles. The summed E-state index contributed by atoms with van der Waals surface area (Å²) in [6.45, 7) is 2.70. The largest absolute Gasteiger partial charge is 0.324 e. The minimum absolute atomic E-state index is 0.129. The summed E-state index contributed by atoms with van der Waals surface area (Å²) in [4.78, 5) is 18.4. The highest BCUT2D eigenvalue weighted by atomic mass is 35.5. The van der Waals surface area contributed by atoms with Gasteiger partial charge in [0.15, 0.2) is 0 Å². The number of carbonyl (C=O) groups is 1. The molecule has 0 aliphatic heterocycles. The smallest absolute Gasteiger partial charge is 0.225 e. The van der Waals surface area contributed by atoms with Crippen LogP contribution >= 0.6 is 23.2 Å². The molecule has 8 heteroatoms. The van der Waals surface area contributed by atoms with Gasteiger partial charge < -0.3 is 5.32 Å². The Hall–Kier alpha value is -2.41. The number of benzene rings is 2. The van der Waals surface area contributed by atoms with Crippen LogP contribution in [0.15, 0.2) is 55.1 Å². The molecule has 28 heavy (non-hydrogen) atoms. The lowest BCUT2D eigenvalue weighted by Crippen LogP contribution is -2.27. The highest BCUT2D eigenvalue weighted by Gasteiger charge is 2.15. The van der Waals surface area contributed by atoms with Gasteiger partial charge in [-0.2, -0.15) is 5.10 Å². The second kappa shape index (κ2) is 9.19. The van der Waals surface area contributed by atoms with E-state index >= 15 is 0 Å². The minimum Gasteiger partial charge on any atom is -0.324 e. The molecule has 1 atom stereocenters. The summed E-state index contributed by atoms with van der Waals surface area (Å²) < 4.78 is 1.71. The van der Waals surface area contributed by atoms with E-state index in [2.05, 4.69) is 39.4 Å². The van der Waals surface area contributed by atoms with Crippen LogP contribution in [-0.4, -0.2) is 39.2 Å². The quantitative estimate of drug-likeness (QED) is 0.610. The average Bonchev–Trinajstić information content (AvgIpc) is 3.23. The van der Waals surface area contributed by atoms with Gasteiger partial charge >= 0.3 is 0 Å². The number of rotatable bonds is 7. The maximum atomic E-state index is 12.3. The summed E-state index contributed by atoms with van der Waals surface area (Å²) >= 11 is 12.2. The SMILES string of the molecule is C[C@H](c1ccc(-n2cncn2)cc1)N(C)CCC(=O)Nc1c(Cl)cccc1Cl. The third-order valence-corrected chi connectivity index (χ3v) is 5.27. The third-order valence-electron chi connectivity index (χ3n) is 4.64. The molecule has 0 radical (unpaired) electrons. The summed E-state index contributed by atoms with van der Waals surface area (Å²) in [6.07, 6.45) is 3.50. The van der Waals surface area contributed by atoms with E-state index in [-0.39, 0.29) is 11.9 Å². The number of hydrogen-bond donors (Lipinski definition) is 1. The van der Waals surface area contributed by atoms with Crippen LogP contribution < -0.4 is 5.32 Å². The molecule has 0 saturated heterocycles. The molecule has 1 N–H and O–H groups in total. The van der Waals surface area contributed by atoms with E-state index in [4.69, 9.17) is 23.2 Å². The molecule has 0 saturated carbocycles. The van der Waals surface area contributed by atoms with Crippen molar-refractivity contribution < 1.29 is 4.79 Å². The Morgan fingerprint density at radius 1 is 1.18 bits per heavy atom. The van der Waals surface area contributed by atoms with Gasteiger partial charge in [0.05, 0.1) is 21.4 Å². The Labute approximate surface area is 174 Å². The third kappa shape index (κ3) is 4.90. The van der Waals surface area contributed by atoms with E-state index in [1.165, 1.54) is 6.33 Å². The fourth-order valence-electron chi connectivity index (χ4n) is 2.79. The van der Waals surface area contributed by atoms with Crippen LogP contribution in [0, 0.1) is 0 Å². The van der Waals surface area contributed by atoms with Crippen molar-refractivity contribution in [1.29, 1.82) is 0 Å². The highest BCUT2D eigenvalue weighted by molar-refractivity contribution is 6.39. The summed E-state index contributed by atoms with van der Waals surface area (Å²) in [6, 6.07) is 13.4. The molecule has 0 spiro atoms. The van der Waals surface area contributed by atoms with E-state index in [0.29, 0.717) is 28.7 Å². The second-order valence-electron chi connectivity index (χ2n) is 6.48. The molecule has 146 valence electrons. The molecule has 0 aliphatic rings. The lowest BCUT2D eigenvalue weighted by atomic mass is 10.1. The minimum atomic E-state index is -0.129. The van der Waals surface area contributed by atoms with Crippen LogP contribution in [0.25, 0.3) is 5.69 Å². The Balaban J connectivity index is 1.55. The first-order valence-electron chi connectivity index (χ1n) is 8.85. The summed E-state index contributed by atoms with van der Waals surface area (Å²) in [7, 11) is 1.99. The second-order valence-corrected chi connectivity index (χ2v) is 7.30. The van der Waals surface area contributed by atoms with Crippen LogP contribution in [0.1, 0.15) is 24.9 Å². The van der Waals surface area contributed by atoms with Gasteiger partial charge in [-0.3, -0.25) is 9.69 Å². The zero-order valence-electron chi connectivity index (χ0n) is 15.6. The van der Waals surface area contributed by atoms with Gasteiger partial charge in [-0.25, -0.2) is 9.67 Å². The predicted molar refractivity (Wildman–Crippen MR) is 112 cm³/mol. The lowest BCUT2D eigenvalue weighted by Gasteiger charge is -2.25. The maximum absolute atomic E-state index is 12.3. The van der Waals surface area contributed by atoms with Gasteiger partial charge in [-0.1, -0.05) is 41.4 Å². The zero-order chi connectivity index (χ0) is 20.1. The van der Waals surface area contributed by atoms with E-state index in [1.54, 1.807) is 29.2 Å². The number of nitrogens with one attached hydrogen (secondary N) is 1. The number of amides is 1. The molecule has 0 unspecified atom stereocenters. The molecule has 2 aromatic carbocycles. The first-order chi connectivity index (χ1) is 13.5. The molecule has 1 amide bonds. The standard InChI is InChI=1S/C20H21Cl2N5O/c1-14(15-6-8-16(9-7-15)27-13-23-12-24-27)26(2)11-10-19(28)25-20-17(21)4-3-5-18(20)22/h3-9,12-14H,10-11H2,1-2H3,(H,25,28)/t14-/m1/s1. The van der Waals surface area contributed by atoms with Crippen molar-refractivity contribution in [2.24, 2.45) is 0 Å². The number of carbonyl (C=O) groups excluding carboxylic acids is 1. The van der Waals surface area contributed by atoms with Crippen molar-refractivity contribution in [1.82, 2.24) is 19.7 Å². The molecular formula is C20H21Cl2N5O. The molecule has 3 rings (SSSR count). The van der Waals surface area contributed by atoms with Gasteiger partial charge in [0.2, 0.25) is 5.91 Å². The highest BCUT2D eigenvalue weighted by Crippen LogP contribution is 2.30. The fourth-order valence-corrected chi connectivity index (χ4v) is 3.28. The summed E-state index contributed by atoms with van der Waals surface area (Å²) in [5.41, 5.74) is 2.56. The monoisotopic (exact) mass is 417 g/mol. The topological polar surface area (TPSA) is 63.1 Å². The first-order valence-corrected chi connectivity index (χ1v) is 9.60.